The summed E-state index contributed by atoms with van der Waals surface area (Å²) < 4.78 is 0. The van der Waals surface area contributed by atoms with Crippen LogP contribution in [0.3, 0.4) is 0 Å². The number of nitrogens with zero attached hydrogens (tertiary/aromatic N) is 6. The number of para-hydroxylation sites is 3. The lowest BCUT2D eigenvalue weighted by molar-refractivity contribution is -0.126. The average molecular weight is 706 g/mol. The zero-order valence-electron chi connectivity index (χ0n) is 29.3. The van der Waals surface area contributed by atoms with E-state index < -0.39 is 0 Å². The number of benzene rings is 3. The minimum atomic E-state index is 0.147. The maximum absolute atomic E-state index is 13.1. The van der Waals surface area contributed by atoms with Gasteiger partial charge >= 0.3 is 0 Å². The molecule has 260 valence electrons. The molecule has 4 aliphatic heterocycles. The maximum atomic E-state index is 13.1. The van der Waals surface area contributed by atoms with Gasteiger partial charge in [-0.25, -0.2) is 4.99 Å². The summed E-state index contributed by atoms with van der Waals surface area (Å²) in [5.74, 6) is 2.21. The van der Waals surface area contributed by atoms with Crippen LogP contribution in [0.15, 0.2) is 94.8 Å². The number of aliphatic imine (C=N–C) groups is 1. The number of carbonyl (C=O) groups is 1. The monoisotopic (exact) mass is 705 g/mol. The Labute approximate surface area is 305 Å². The highest BCUT2D eigenvalue weighted by molar-refractivity contribution is 8.04. The van der Waals surface area contributed by atoms with Gasteiger partial charge in [-0.2, -0.15) is 0 Å². The molecular formula is C40H47N7OS2. The number of anilines is 3. The van der Waals surface area contributed by atoms with Crippen molar-refractivity contribution in [3.8, 4) is 0 Å². The van der Waals surface area contributed by atoms with Crippen LogP contribution in [0.1, 0.15) is 21.6 Å². The number of carbonyl (C=O) groups excluding carboxylic acids is 1. The van der Waals surface area contributed by atoms with E-state index >= 15 is 0 Å². The minimum absolute atomic E-state index is 0.147. The van der Waals surface area contributed by atoms with Crippen molar-refractivity contribution in [2.24, 2.45) is 4.99 Å². The number of hydrogen-bond acceptors (Lipinski definition) is 9. The quantitative estimate of drug-likeness (QED) is 0.230. The molecule has 0 aliphatic carbocycles. The fraction of sp³-hybridized carbons (Fsp3) is 0.350. The number of amides is 1. The predicted molar refractivity (Wildman–Crippen MR) is 212 cm³/mol. The summed E-state index contributed by atoms with van der Waals surface area (Å²) in [6.07, 6.45) is 2.10. The predicted octanol–water partition coefficient (Wildman–Crippen LogP) is 6.99. The van der Waals surface area contributed by atoms with Gasteiger partial charge in [-0.05, 0) is 62.5 Å². The first-order chi connectivity index (χ1) is 24.4. The van der Waals surface area contributed by atoms with Crippen molar-refractivity contribution in [1.82, 2.24) is 19.6 Å². The smallest absolute Gasteiger partial charge is 0.260 e. The van der Waals surface area contributed by atoms with Crippen LogP contribution in [0.5, 0.6) is 0 Å². The molecule has 1 amide bonds. The first-order valence-corrected chi connectivity index (χ1v) is 19.4. The molecule has 0 atom stereocenters. The van der Waals surface area contributed by atoms with Gasteiger partial charge in [0.15, 0.2) is 0 Å². The Kier molecular flexibility index (Phi) is 10.9. The van der Waals surface area contributed by atoms with E-state index in [-0.39, 0.29) is 5.91 Å². The number of rotatable bonds is 4. The summed E-state index contributed by atoms with van der Waals surface area (Å²) in [5.41, 5.74) is 6.91. The van der Waals surface area contributed by atoms with Gasteiger partial charge in [-0.15, -0.1) is 23.1 Å². The van der Waals surface area contributed by atoms with Gasteiger partial charge < -0.3 is 29.8 Å². The van der Waals surface area contributed by atoms with Crippen molar-refractivity contribution in [2.75, 3.05) is 89.0 Å². The molecule has 0 bridgehead atoms. The van der Waals surface area contributed by atoms with E-state index in [9.17, 15) is 4.79 Å². The zero-order chi connectivity index (χ0) is 34.5. The number of piperazine rings is 2. The fourth-order valence-electron chi connectivity index (χ4n) is 6.74. The molecule has 8 nitrogen and oxygen atoms in total. The third kappa shape index (κ3) is 8.10. The average Bonchev–Trinajstić information content (AvgIpc) is 3.43. The summed E-state index contributed by atoms with van der Waals surface area (Å²) in [4.78, 5) is 31.8. The number of amidine groups is 1. The van der Waals surface area contributed by atoms with Gasteiger partial charge in [-0.3, -0.25) is 4.79 Å². The lowest BCUT2D eigenvalue weighted by Crippen LogP contribution is -2.47. The molecule has 1 N–H and O–H groups in total. The third-order valence-corrected chi connectivity index (χ3v) is 11.6. The number of aryl methyl sites for hydroxylation is 1. The summed E-state index contributed by atoms with van der Waals surface area (Å²) in [6, 6.07) is 29.3. The largest absolute Gasteiger partial charge is 0.368 e. The van der Waals surface area contributed by atoms with Crippen LogP contribution in [0.25, 0.3) is 6.08 Å². The van der Waals surface area contributed by atoms with E-state index in [0.717, 1.165) is 92.3 Å². The van der Waals surface area contributed by atoms with Crippen molar-refractivity contribution >= 4 is 63.0 Å². The van der Waals surface area contributed by atoms with Crippen molar-refractivity contribution < 1.29 is 4.79 Å². The van der Waals surface area contributed by atoms with Gasteiger partial charge in [0, 0.05) is 81.8 Å². The molecule has 3 saturated heterocycles. The van der Waals surface area contributed by atoms with Crippen LogP contribution in [0, 0.1) is 6.92 Å². The van der Waals surface area contributed by atoms with Gasteiger partial charge in [0.2, 0.25) is 0 Å². The van der Waals surface area contributed by atoms with Gasteiger partial charge in [-0.1, -0.05) is 60.7 Å². The molecular weight excluding hydrogens is 659 g/mol. The second kappa shape index (κ2) is 15.9. The van der Waals surface area contributed by atoms with E-state index in [1.807, 2.05) is 23.1 Å². The van der Waals surface area contributed by atoms with Gasteiger partial charge in [0.1, 0.15) is 10.8 Å². The van der Waals surface area contributed by atoms with Crippen molar-refractivity contribution in [3.05, 3.63) is 111 Å². The molecule has 0 saturated carbocycles. The molecule has 0 radical (unpaired) electrons. The van der Waals surface area contributed by atoms with Crippen LogP contribution in [0.2, 0.25) is 0 Å². The summed E-state index contributed by atoms with van der Waals surface area (Å²) >= 11 is 3.49. The standard InChI is InChI=1S/C23H27N3OS.C17H20N4S/c1-24-11-13-25(14-12-24)21-10-6-5-9-20(21)17-22-23(27)26(15-16-28-22)18-19-7-3-2-4-8-19;1-12-11-13-16(21-9-7-20(2)8-10-21)18-14-5-3-4-6-15(14)19-17(13)22-12/h2-10,17H,11-16,18H2,1H3;3-6,11,19H,7-10H2,1-2H3/b22-17+;. The Balaban J connectivity index is 0.000000161. The molecule has 0 unspecified atom stereocenters. The van der Waals surface area contributed by atoms with E-state index in [1.165, 1.54) is 26.7 Å². The highest BCUT2D eigenvalue weighted by atomic mass is 32.2. The molecule has 8 rings (SSSR count). The Morgan fingerprint density at radius 3 is 2.20 bits per heavy atom. The van der Waals surface area contributed by atoms with Gasteiger partial charge in [0.05, 0.1) is 21.8 Å². The lowest BCUT2D eigenvalue weighted by Gasteiger charge is -2.35. The highest BCUT2D eigenvalue weighted by Crippen LogP contribution is 2.39. The highest BCUT2D eigenvalue weighted by Gasteiger charge is 2.26. The first kappa shape index (κ1) is 34.4. The van der Waals surface area contributed by atoms with Crippen molar-refractivity contribution in [3.63, 3.8) is 0 Å². The molecule has 1 aromatic heterocycles. The van der Waals surface area contributed by atoms with Crippen LogP contribution >= 0.6 is 23.1 Å². The molecule has 50 heavy (non-hydrogen) atoms. The summed E-state index contributed by atoms with van der Waals surface area (Å²) in [6.45, 7) is 12.1. The van der Waals surface area contributed by atoms with Crippen molar-refractivity contribution in [2.45, 2.75) is 13.5 Å². The Bertz CT molecular complexity index is 1840. The van der Waals surface area contributed by atoms with Crippen molar-refractivity contribution in [1.29, 1.82) is 0 Å². The Hall–Kier alpha value is -4.09. The number of nitrogens with one attached hydrogen (secondary N) is 1. The van der Waals surface area contributed by atoms with E-state index in [1.54, 1.807) is 23.1 Å². The van der Waals surface area contributed by atoms with Crippen LogP contribution in [-0.4, -0.2) is 110 Å². The molecule has 3 aromatic carbocycles. The lowest BCUT2D eigenvalue weighted by atomic mass is 10.1. The fourth-order valence-corrected chi connectivity index (χ4v) is 8.65. The number of thioether (sulfide) groups is 1. The molecule has 5 heterocycles. The maximum Gasteiger partial charge on any atom is 0.260 e. The molecule has 10 heteroatoms. The van der Waals surface area contributed by atoms with E-state index in [4.69, 9.17) is 4.99 Å². The van der Waals surface area contributed by atoms with Crippen LogP contribution in [-0.2, 0) is 11.3 Å². The van der Waals surface area contributed by atoms with E-state index in [2.05, 4.69) is 119 Å². The summed E-state index contributed by atoms with van der Waals surface area (Å²) in [7, 11) is 4.35. The van der Waals surface area contributed by atoms with E-state index in [0.29, 0.717) is 6.54 Å². The number of hydrogen-bond donors (Lipinski definition) is 1. The summed E-state index contributed by atoms with van der Waals surface area (Å²) in [5, 5.41) is 4.78. The Morgan fingerprint density at radius 1 is 0.780 bits per heavy atom. The minimum Gasteiger partial charge on any atom is -0.368 e. The molecule has 3 fully saturated rings. The molecule has 4 aliphatic rings. The van der Waals surface area contributed by atoms with Crippen LogP contribution < -0.4 is 10.2 Å². The number of thiophene rings is 1. The van der Waals surface area contributed by atoms with Crippen LogP contribution in [0.4, 0.5) is 22.1 Å². The topological polar surface area (TPSA) is 57.7 Å². The number of fused-ring (bicyclic) bond motifs is 2. The molecule has 0 spiro atoms. The first-order valence-electron chi connectivity index (χ1n) is 17.6. The Morgan fingerprint density at radius 2 is 1.44 bits per heavy atom. The normalized spacial score (nSPS) is 19.2. The zero-order valence-corrected chi connectivity index (χ0v) is 31.0. The number of likely N-dealkylation sites (N-methyl/N-ethyl adjacent to an activating group) is 2. The molecule has 4 aromatic rings. The SMILES string of the molecule is CN1CCN(c2ccccc2/C=C2/SCCN(Cc3ccccc3)C2=O)CC1.Cc1cc2c(s1)Nc1ccccc1N=C2N1CCN(C)CC1. The second-order valence-corrected chi connectivity index (χ2v) is 15.8. The second-order valence-electron chi connectivity index (χ2n) is 13.4. The third-order valence-electron chi connectivity index (χ3n) is 9.68. The van der Waals surface area contributed by atoms with Gasteiger partial charge in [0.25, 0.3) is 5.91 Å².